The standard InChI is InChI=1S/C30H23ClFN5O4/c1-16-11-26(41-30-33-15-34-36(30)3)21-9-6-10-25(27(21)35-16)40-14-23-22(12-18(32)13-24(23)31)17(2)37-28(38)19-7-4-5-8-20(19)29(37)39/h4-13,15,17H,14H2,1-3H3. The van der Waals surface area contributed by atoms with Gasteiger partial charge in [-0.05, 0) is 55.8 Å². The summed E-state index contributed by atoms with van der Waals surface area (Å²) in [5.74, 6) is -0.531. The molecule has 0 fully saturated rings. The van der Waals surface area contributed by atoms with E-state index in [4.69, 9.17) is 21.1 Å². The first-order chi connectivity index (χ1) is 19.7. The molecule has 1 unspecified atom stereocenters. The smallest absolute Gasteiger partial charge is 0.320 e. The molecular weight excluding hydrogens is 549 g/mol. The number of para-hydroxylation sites is 1. The van der Waals surface area contributed by atoms with Crippen LogP contribution in [0.15, 0.2) is 67.0 Å². The molecule has 11 heteroatoms. The lowest BCUT2D eigenvalue weighted by atomic mass is 10.00. The van der Waals surface area contributed by atoms with E-state index in [2.05, 4.69) is 15.1 Å². The predicted octanol–water partition coefficient (Wildman–Crippen LogP) is 6.19. The van der Waals surface area contributed by atoms with Gasteiger partial charge in [0.25, 0.3) is 11.8 Å². The molecule has 9 nitrogen and oxygen atoms in total. The second-order valence-corrected chi connectivity index (χ2v) is 10.0. The molecule has 1 aliphatic rings. The van der Waals surface area contributed by atoms with Gasteiger partial charge in [-0.25, -0.2) is 14.1 Å². The Balaban J connectivity index is 1.34. The maximum absolute atomic E-state index is 14.6. The zero-order valence-corrected chi connectivity index (χ0v) is 23.0. The zero-order chi connectivity index (χ0) is 28.8. The van der Waals surface area contributed by atoms with Crippen LogP contribution in [-0.2, 0) is 13.7 Å². The number of fused-ring (bicyclic) bond motifs is 2. The molecule has 0 saturated heterocycles. The Hall–Kier alpha value is -4.83. The lowest BCUT2D eigenvalue weighted by molar-refractivity contribution is 0.0593. The molecule has 41 heavy (non-hydrogen) atoms. The molecule has 1 atom stereocenters. The maximum Gasteiger partial charge on any atom is 0.320 e. The summed E-state index contributed by atoms with van der Waals surface area (Å²) in [5.41, 5.74) is 2.64. The van der Waals surface area contributed by atoms with Crippen LogP contribution in [0, 0.1) is 12.7 Å². The molecule has 0 aliphatic carbocycles. The highest BCUT2D eigenvalue weighted by Crippen LogP contribution is 2.37. The summed E-state index contributed by atoms with van der Waals surface area (Å²) in [7, 11) is 1.72. The minimum Gasteiger partial charge on any atom is -0.487 e. The van der Waals surface area contributed by atoms with Gasteiger partial charge in [0.1, 0.15) is 35.8 Å². The Bertz CT molecular complexity index is 1820. The van der Waals surface area contributed by atoms with Crippen LogP contribution < -0.4 is 9.47 Å². The number of nitrogens with zero attached hydrogens (tertiary/aromatic N) is 5. The average Bonchev–Trinajstić information content (AvgIpc) is 3.46. The number of amides is 2. The number of ether oxygens (including phenoxy) is 2. The predicted molar refractivity (Wildman–Crippen MR) is 149 cm³/mol. The van der Waals surface area contributed by atoms with Gasteiger partial charge in [-0.2, -0.15) is 10.1 Å². The third kappa shape index (κ3) is 4.66. The maximum atomic E-state index is 14.6. The highest BCUT2D eigenvalue weighted by atomic mass is 35.5. The van der Waals surface area contributed by atoms with E-state index in [9.17, 15) is 14.0 Å². The van der Waals surface area contributed by atoms with Crippen LogP contribution in [0.1, 0.15) is 50.5 Å². The first kappa shape index (κ1) is 26.4. The lowest BCUT2D eigenvalue weighted by Gasteiger charge is -2.26. The van der Waals surface area contributed by atoms with Crippen molar-refractivity contribution in [3.63, 3.8) is 0 Å². The Morgan fingerprint density at radius 1 is 1.00 bits per heavy atom. The number of halogens is 2. The highest BCUT2D eigenvalue weighted by Gasteiger charge is 2.39. The first-order valence-corrected chi connectivity index (χ1v) is 13.1. The van der Waals surface area contributed by atoms with Gasteiger partial charge in [0.2, 0.25) is 0 Å². The fourth-order valence-electron chi connectivity index (χ4n) is 4.99. The van der Waals surface area contributed by atoms with E-state index in [0.29, 0.717) is 56.4 Å². The second-order valence-electron chi connectivity index (χ2n) is 9.63. The summed E-state index contributed by atoms with van der Waals surface area (Å²) in [6, 6.07) is 15.7. The third-order valence-corrected chi connectivity index (χ3v) is 7.33. The van der Waals surface area contributed by atoms with Crippen molar-refractivity contribution >= 4 is 34.3 Å². The lowest BCUT2D eigenvalue weighted by Crippen LogP contribution is -2.33. The van der Waals surface area contributed by atoms with Crippen LogP contribution in [0.25, 0.3) is 10.9 Å². The summed E-state index contributed by atoms with van der Waals surface area (Å²) in [6.07, 6.45) is 1.40. The molecule has 3 aromatic carbocycles. The van der Waals surface area contributed by atoms with Crippen LogP contribution in [-0.4, -0.2) is 36.5 Å². The molecule has 0 radical (unpaired) electrons. The van der Waals surface area contributed by atoms with Gasteiger partial charge in [0.05, 0.1) is 22.2 Å². The number of hydrogen-bond acceptors (Lipinski definition) is 7. The van der Waals surface area contributed by atoms with Crippen molar-refractivity contribution in [2.75, 3.05) is 0 Å². The Labute approximate surface area is 239 Å². The summed E-state index contributed by atoms with van der Waals surface area (Å²) in [4.78, 5) is 36.2. The van der Waals surface area contributed by atoms with Gasteiger partial charge < -0.3 is 9.47 Å². The van der Waals surface area contributed by atoms with E-state index < -0.39 is 23.7 Å². The molecule has 3 heterocycles. The monoisotopic (exact) mass is 571 g/mol. The molecule has 1 aliphatic heterocycles. The van der Waals surface area contributed by atoms with Crippen LogP contribution in [0.3, 0.4) is 0 Å². The fraction of sp³-hybridized carbons (Fsp3) is 0.167. The third-order valence-electron chi connectivity index (χ3n) is 6.99. The van der Waals surface area contributed by atoms with Gasteiger partial charge in [-0.1, -0.05) is 29.8 Å². The van der Waals surface area contributed by atoms with E-state index in [0.717, 1.165) is 4.90 Å². The zero-order valence-electron chi connectivity index (χ0n) is 22.3. The topological polar surface area (TPSA) is 99.4 Å². The number of rotatable bonds is 7. The summed E-state index contributed by atoms with van der Waals surface area (Å²) in [5, 5.41) is 4.83. The fourth-order valence-corrected chi connectivity index (χ4v) is 5.25. The number of benzene rings is 3. The number of pyridine rings is 1. The summed E-state index contributed by atoms with van der Waals surface area (Å²) in [6.45, 7) is 3.42. The van der Waals surface area contributed by atoms with Gasteiger partial charge >= 0.3 is 6.01 Å². The minimum atomic E-state index is -0.812. The largest absolute Gasteiger partial charge is 0.487 e. The van der Waals surface area contributed by atoms with Crippen LogP contribution in [0.2, 0.25) is 5.02 Å². The average molecular weight is 572 g/mol. The van der Waals surface area contributed by atoms with E-state index >= 15 is 0 Å². The van der Waals surface area contributed by atoms with Crippen molar-refractivity contribution in [1.29, 1.82) is 0 Å². The van der Waals surface area contributed by atoms with E-state index in [1.54, 1.807) is 56.4 Å². The van der Waals surface area contributed by atoms with Gasteiger partial charge in [0, 0.05) is 29.8 Å². The molecule has 2 aromatic heterocycles. The number of carbonyl (C=O) groups is 2. The molecule has 0 N–H and O–H groups in total. The highest BCUT2D eigenvalue weighted by molar-refractivity contribution is 6.31. The van der Waals surface area contributed by atoms with Gasteiger partial charge in [-0.15, -0.1) is 0 Å². The molecule has 0 bridgehead atoms. The second kappa shape index (κ2) is 10.3. The van der Waals surface area contributed by atoms with E-state index in [1.165, 1.54) is 23.1 Å². The first-order valence-electron chi connectivity index (χ1n) is 12.7. The molecular formula is C30H23ClFN5O4. The Morgan fingerprint density at radius 2 is 1.73 bits per heavy atom. The van der Waals surface area contributed by atoms with Crippen molar-refractivity contribution in [1.82, 2.24) is 24.6 Å². The minimum absolute atomic E-state index is 0.0732. The SMILES string of the molecule is Cc1cc(Oc2ncnn2C)c2cccc(OCc3c(Cl)cc(F)cc3C(C)N3C(=O)c4ccccc4C3=O)c2n1. The molecule has 2 amide bonds. The van der Waals surface area contributed by atoms with Crippen LogP contribution in [0.4, 0.5) is 4.39 Å². The van der Waals surface area contributed by atoms with Crippen molar-refractivity contribution in [3.05, 3.63) is 106 Å². The van der Waals surface area contributed by atoms with Crippen molar-refractivity contribution in [2.24, 2.45) is 7.05 Å². The molecule has 0 spiro atoms. The summed E-state index contributed by atoms with van der Waals surface area (Å²) < 4.78 is 28.3. The number of carbonyl (C=O) groups excluding carboxylic acids is 2. The number of hydrogen-bond donors (Lipinski definition) is 0. The van der Waals surface area contributed by atoms with Gasteiger partial charge in [-0.3, -0.25) is 14.5 Å². The Morgan fingerprint density at radius 3 is 2.41 bits per heavy atom. The number of aryl methyl sites for hydroxylation is 2. The van der Waals surface area contributed by atoms with Crippen LogP contribution in [0.5, 0.6) is 17.5 Å². The van der Waals surface area contributed by atoms with E-state index in [-0.39, 0.29) is 11.6 Å². The van der Waals surface area contributed by atoms with E-state index in [1.807, 2.05) is 13.0 Å². The number of imide groups is 1. The molecule has 206 valence electrons. The summed E-state index contributed by atoms with van der Waals surface area (Å²) >= 11 is 6.52. The normalized spacial score (nSPS) is 13.5. The van der Waals surface area contributed by atoms with Gasteiger partial charge in [0.15, 0.2) is 0 Å². The number of aromatic nitrogens is 4. The molecule has 0 saturated carbocycles. The van der Waals surface area contributed by atoms with Crippen molar-refractivity contribution in [2.45, 2.75) is 26.5 Å². The van der Waals surface area contributed by atoms with Crippen LogP contribution >= 0.6 is 11.6 Å². The molecule has 6 rings (SSSR count). The molecule has 5 aromatic rings. The Kier molecular flexibility index (Phi) is 6.63. The van der Waals surface area contributed by atoms with Crippen molar-refractivity contribution < 1.29 is 23.5 Å². The quantitative estimate of drug-likeness (QED) is 0.215. The van der Waals surface area contributed by atoms with Crippen molar-refractivity contribution in [3.8, 4) is 17.5 Å².